The molecule has 2 amide bonds. The van der Waals surface area contributed by atoms with Crippen LogP contribution in [0.2, 0.25) is 5.02 Å². The van der Waals surface area contributed by atoms with E-state index in [4.69, 9.17) is 11.6 Å². The SMILES string of the molecule is CC(C)n1c(SCC(=O)N(C)CC(=O)Nc2ccccc2Cl)nc2ccccc21. The third kappa shape index (κ3) is 5.10. The van der Waals surface area contributed by atoms with Gasteiger partial charge in [-0.1, -0.05) is 47.6 Å². The van der Waals surface area contributed by atoms with Gasteiger partial charge in [0, 0.05) is 13.1 Å². The molecule has 29 heavy (non-hydrogen) atoms. The Hall–Kier alpha value is -2.51. The number of nitrogens with one attached hydrogen (secondary N) is 1. The first-order valence-corrected chi connectivity index (χ1v) is 10.6. The third-order valence-corrected chi connectivity index (χ3v) is 5.63. The Labute approximate surface area is 179 Å². The molecule has 0 radical (unpaired) electrons. The highest BCUT2D eigenvalue weighted by molar-refractivity contribution is 7.99. The fourth-order valence-corrected chi connectivity index (χ4v) is 4.18. The van der Waals surface area contributed by atoms with Crippen LogP contribution in [0.1, 0.15) is 19.9 Å². The maximum Gasteiger partial charge on any atom is 0.244 e. The fraction of sp³-hybridized carbons (Fsp3) is 0.286. The molecule has 3 rings (SSSR count). The van der Waals surface area contributed by atoms with Crippen molar-refractivity contribution in [2.75, 3.05) is 24.7 Å². The number of benzene rings is 2. The first-order chi connectivity index (χ1) is 13.9. The van der Waals surface area contributed by atoms with Gasteiger partial charge in [0.2, 0.25) is 11.8 Å². The summed E-state index contributed by atoms with van der Waals surface area (Å²) in [7, 11) is 1.61. The topological polar surface area (TPSA) is 67.2 Å². The summed E-state index contributed by atoms with van der Waals surface area (Å²) in [5.41, 5.74) is 2.48. The molecule has 152 valence electrons. The monoisotopic (exact) mass is 430 g/mol. The lowest BCUT2D eigenvalue weighted by Crippen LogP contribution is -2.36. The lowest BCUT2D eigenvalue weighted by molar-refractivity contribution is -0.131. The molecule has 0 aliphatic carbocycles. The van der Waals surface area contributed by atoms with Gasteiger partial charge in [0.05, 0.1) is 34.0 Å². The van der Waals surface area contributed by atoms with Crippen molar-refractivity contribution in [1.29, 1.82) is 0 Å². The number of carbonyl (C=O) groups excluding carboxylic acids is 2. The zero-order valence-electron chi connectivity index (χ0n) is 16.6. The Morgan fingerprint density at radius 2 is 1.86 bits per heavy atom. The van der Waals surface area contributed by atoms with Crippen LogP contribution >= 0.6 is 23.4 Å². The van der Waals surface area contributed by atoms with Crippen LogP contribution in [0.25, 0.3) is 11.0 Å². The molecule has 0 saturated carbocycles. The molecule has 3 aromatic rings. The van der Waals surface area contributed by atoms with Crippen LogP contribution in [0.15, 0.2) is 53.7 Å². The van der Waals surface area contributed by atoms with Gasteiger partial charge < -0.3 is 14.8 Å². The number of halogens is 1. The number of para-hydroxylation sites is 3. The molecule has 0 fully saturated rings. The number of imidazole rings is 1. The summed E-state index contributed by atoms with van der Waals surface area (Å²) in [6.07, 6.45) is 0. The number of nitrogens with zero attached hydrogens (tertiary/aromatic N) is 3. The summed E-state index contributed by atoms with van der Waals surface area (Å²) >= 11 is 7.43. The summed E-state index contributed by atoms with van der Waals surface area (Å²) in [6.45, 7) is 4.13. The highest BCUT2D eigenvalue weighted by Crippen LogP contribution is 2.27. The van der Waals surface area contributed by atoms with Gasteiger partial charge in [0.15, 0.2) is 5.16 Å². The zero-order valence-corrected chi connectivity index (χ0v) is 18.1. The van der Waals surface area contributed by atoms with Gasteiger partial charge in [-0.25, -0.2) is 4.98 Å². The molecule has 1 N–H and O–H groups in total. The lowest BCUT2D eigenvalue weighted by atomic mass is 10.3. The number of anilines is 1. The summed E-state index contributed by atoms with van der Waals surface area (Å²) < 4.78 is 2.12. The maximum absolute atomic E-state index is 12.5. The molecule has 8 heteroatoms. The first-order valence-electron chi connectivity index (χ1n) is 9.25. The highest BCUT2D eigenvalue weighted by Gasteiger charge is 2.18. The molecule has 1 aromatic heterocycles. The Kier molecular flexibility index (Phi) is 6.82. The second kappa shape index (κ2) is 9.33. The summed E-state index contributed by atoms with van der Waals surface area (Å²) in [5.74, 6) is -0.244. The van der Waals surface area contributed by atoms with Crippen LogP contribution in [0, 0.1) is 0 Å². The number of thioether (sulfide) groups is 1. The van der Waals surface area contributed by atoms with E-state index in [0.29, 0.717) is 10.7 Å². The maximum atomic E-state index is 12.5. The average molecular weight is 431 g/mol. The second-order valence-corrected chi connectivity index (χ2v) is 8.26. The number of rotatable bonds is 7. The fourth-order valence-electron chi connectivity index (χ4n) is 2.92. The minimum atomic E-state index is -0.298. The van der Waals surface area contributed by atoms with E-state index in [1.54, 1.807) is 31.3 Å². The molecule has 0 bridgehead atoms. The zero-order chi connectivity index (χ0) is 21.0. The van der Waals surface area contributed by atoms with Gasteiger partial charge in [-0.3, -0.25) is 9.59 Å². The van der Waals surface area contributed by atoms with Gasteiger partial charge in [0.1, 0.15) is 0 Å². The van der Waals surface area contributed by atoms with E-state index in [2.05, 4.69) is 28.7 Å². The van der Waals surface area contributed by atoms with Crippen LogP contribution in [-0.2, 0) is 9.59 Å². The minimum absolute atomic E-state index is 0.0504. The number of amides is 2. The molecule has 0 aliphatic heterocycles. The molecule has 0 unspecified atom stereocenters. The predicted molar refractivity (Wildman–Crippen MR) is 119 cm³/mol. The number of aromatic nitrogens is 2. The molecule has 0 aliphatic rings. The molecule has 0 saturated heterocycles. The third-order valence-electron chi connectivity index (χ3n) is 4.36. The first kappa shape index (κ1) is 21.2. The Morgan fingerprint density at radius 1 is 1.17 bits per heavy atom. The number of hydrogen-bond donors (Lipinski definition) is 1. The largest absolute Gasteiger partial charge is 0.336 e. The van der Waals surface area contributed by atoms with Crippen molar-refractivity contribution < 1.29 is 9.59 Å². The minimum Gasteiger partial charge on any atom is -0.336 e. The van der Waals surface area contributed by atoms with E-state index in [1.807, 2.05) is 24.3 Å². The van der Waals surface area contributed by atoms with Gasteiger partial charge in [-0.05, 0) is 38.1 Å². The standard InChI is InChI=1S/C21H23ClN4O2S/c1-14(2)26-18-11-7-6-10-17(18)24-21(26)29-13-20(28)25(3)12-19(27)23-16-9-5-4-8-15(16)22/h4-11,14H,12-13H2,1-3H3,(H,23,27). The average Bonchev–Trinajstić information content (AvgIpc) is 3.06. The van der Waals surface area contributed by atoms with Crippen molar-refractivity contribution in [1.82, 2.24) is 14.5 Å². The van der Waals surface area contributed by atoms with Gasteiger partial charge in [-0.2, -0.15) is 0 Å². The van der Waals surface area contributed by atoms with Crippen molar-refractivity contribution >= 4 is 51.9 Å². The highest BCUT2D eigenvalue weighted by atomic mass is 35.5. The van der Waals surface area contributed by atoms with Crippen molar-refractivity contribution in [2.45, 2.75) is 25.0 Å². The van der Waals surface area contributed by atoms with Crippen molar-refractivity contribution in [3.05, 3.63) is 53.6 Å². The van der Waals surface area contributed by atoms with E-state index < -0.39 is 0 Å². The van der Waals surface area contributed by atoms with Crippen LogP contribution in [-0.4, -0.2) is 45.6 Å². The van der Waals surface area contributed by atoms with Gasteiger partial charge in [0.25, 0.3) is 0 Å². The van der Waals surface area contributed by atoms with Crippen molar-refractivity contribution in [3.8, 4) is 0 Å². The smallest absolute Gasteiger partial charge is 0.244 e. The van der Waals surface area contributed by atoms with E-state index in [9.17, 15) is 9.59 Å². The number of carbonyl (C=O) groups is 2. The van der Waals surface area contributed by atoms with E-state index in [-0.39, 0.29) is 30.2 Å². The molecule has 6 nitrogen and oxygen atoms in total. The molecular weight excluding hydrogens is 408 g/mol. The number of hydrogen-bond acceptors (Lipinski definition) is 4. The molecular formula is C21H23ClN4O2S. The molecule has 0 atom stereocenters. The van der Waals surface area contributed by atoms with Crippen LogP contribution in [0.3, 0.4) is 0 Å². The Morgan fingerprint density at radius 3 is 2.59 bits per heavy atom. The normalized spacial score (nSPS) is 11.1. The van der Waals surface area contributed by atoms with Crippen molar-refractivity contribution in [2.24, 2.45) is 0 Å². The lowest BCUT2D eigenvalue weighted by Gasteiger charge is -2.17. The van der Waals surface area contributed by atoms with Gasteiger partial charge >= 0.3 is 0 Å². The number of likely N-dealkylation sites (N-methyl/N-ethyl adjacent to an activating group) is 1. The summed E-state index contributed by atoms with van der Waals surface area (Å²) in [4.78, 5) is 30.8. The predicted octanol–water partition coefficient (Wildman–Crippen LogP) is 4.46. The molecule has 2 aromatic carbocycles. The quantitative estimate of drug-likeness (QED) is 0.562. The van der Waals surface area contributed by atoms with Crippen LogP contribution < -0.4 is 5.32 Å². The Balaban J connectivity index is 1.60. The van der Waals surface area contributed by atoms with Gasteiger partial charge in [-0.15, -0.1) is 0 Å². The summed E-state index contributed by atoms with van der Waals surface area (Å²) in [5, 5.41) is 3.97. The van der Waals surface area contributed by atoms with Crippen LogP contribution in [0.5, 0.6) is 0 Å². The van der Waals surface area contributed by atoms with E-state index in [0.717, 1.165) is 16.2 Å². The van der Waals surface area contributed by atoms with E-state index >= 15 is 0 Å². The molecule has 0 spiro atoms. The second-order valence-electron chi connectivity index (χ2n) is 6.91. The van der Waals surface area contributed by atoms with E-state index in [1.165, 1.54) is 16.7 Å². The Bertz CT molecular complexity index is 1030. The summed E-state index contributed by atoms with van der Waals surface area (Å²) in [6, 6.07) is 15.1. The molecule has 1 heterocycles. The van der Waals surface area contributed by atoms with Crippen LogP contribution in [0.4, 0.5) is 5.69 Å². The number of fused-ring (bicyclic) bond motifs is 1. The van der Waals surface area contributed by atoms with Crippen molar-refractivity contribution in [3.63, 3.8) is 0 Å².